The summed E-state index contributed by atoms with van der Waals surface area (Å²) < 4.78 is 13.1. The molecule has 29 heavy (non-hydrogen) atoms. The number of hydrogen-bond donors (Lipinski definition) is 2. The van der Waals surface area contributed by atoms with E-state index < -0.39 is 18.0 Å². The summed E-state index contributed by atoms with van der Waals surface area (Å²) in [4.78, 5) is 28.8. The molecule has 2 aliphatic rings. The van der Waals surface area contributed by atoms with E-state index in [0.29, 0.717) is 31.5 Å². The summed E-state index contributed by atoms with van der Waals surface area (Å²) in [6, 6.07) is 10.5. The lowest BCUT2D eigenvalue weighted by atomic mass is 9.85. The minimum atomic E-state index is -0.731. The topological polar surface area (TPSA) is 72.9 Å². The Morgan fingerprint density at radius 2 is 1.93 bits per heavy atom. The molecule has 152 valence electrons. The first kappa shape index (κ1) is 19.5. The van der Waals surface area contributed by atoms with Crippen LogP contribution in [0.1, 0.15) is 33.9 Å². The van der Waals surface area contributed by atoms with Crippen LogP contribution < -0.4 is 10.2 Å². The Bertz CT molecular complexity index is 931. The Balaban J connectivity index is 1.61. The number of amides is 2. The monoisotopic (exact) mass is 397 g/mol. The highest BCUT2D eigenvalue weighted by atomic mass is 19.1. The largest absolute Gasteiger partial charge is 0.391 e. The molecular formula is C22H24FN3O3. The van der Waals surface area contributed by atoms with Crippen molar-refractivity contribution in [2.45, 2.75) is 25.0 Å². The number of likely N-dealkylation sites (N-methyl/N-ethyl adjacent to an activating group) is 1. The zero-order chi connectivity index (χ0) is 20.5. The molecule has 4 rings (SSSR count). The number of carbonyl (C=O) groups excluding carboxylic acids is 2. The molecular weight excluding hydrogens is 373 g/mol. The quantitative estimate of drug-likeness (QED) is 0.830. The van der Waals surface area contributed by atoms with Crippen molar-refractivity contribution < 1.29 is 19.1 Å². The Labute approximate surface area is 168 Å². The van der Waals surface area contributed by atoms with Crippen LogP contribution >= 0.6 is 0 Å². The molecule has 2 N–H and O–H groups in total. The molecule has 2 aromatic rings. The lowest BCUT2D eigenvalue weighted by molar-refractivity contribution is -0.120. The number of piperazine rings is 1. The Morgan fingerprint density at radius 1 is 1.17 bits per heavy atom. The van der Waals surface area contributed by atoms with E-state index in [1.807, 2.05) is 30.1 Å². The SMILES string of the molecule is CN1CCN(c2ccc3c(c2)[C@H](NC(=O)c2ccc(F)cc2)[C@@H](O)CC3)C(=O)C1. The van der Waals surface area contributed by atoms with Crippen LogP contribution in [0.2, 0.25) is 0 Å². The highest BCUT2D eigenvalue weighted by Gasteiger charge is 2.31. The summed E-state index contributed by atoms with van der Waals surface area (Å²) in [5, 5.41) is 13.5. The number of hydrogen-bond acceptors (Lipinski definition) is 4. The van der Waals surface area contributed by atoms with Gasteiger partial charge in [-0.15, -0.1) is 0 Å². The van der Waals surface area contributed by atoms with Crippen LogP contribution in [0.4, 0.5) is 10.1 Å². The summed E-state index contributed by atoms with van der Waals surface area (Å²) in [6.45, 7) is 1.75. The van der Waals surface area contributed by atoms with E-state index in [4.69, 9.17) is 0 Å². The zero-order valence-corrected chi connectivity index (χ0v) is 16.3. The molecule has 0 saturated carbocycles. The summed E-state index contributed by atoms with van der Waals surface area (Å²) in [5.41, 5.74) is 2.97. The minimum Gasteiger partial charge on any atom is -0.391 e. The molecule has 0 bridgehead atoms. The number of benzene rings is 2. The molecule has 1 fully saturated rings. The molecule has 1 aliphatic carbocycles. The van der Waals surface area contributed by atoms with Crippen molar-refractivity contribution in [2.75, 3.05) is 31.6 Å². The first-order valence-corrected chi connectivity index (χ1v) is 9.78. The van der Waals surface area contributed by atoms with Gasteiger partial charge in [-0.3, -0.25) is 14.5 Å². The molecule has 0 aromatic heterocycles. The van der Waals surface area contributed by atoms with Gasteiger partial charge in [0, 0.05) is 24.3 Å². The molecule has 2 aromatic carbocycles. The third kappa shape index (κ3) is 4.02. The highest BCUT2D eigenvalue weighted by molar-refractivity contribution is 5.96. The second-order valence-electron chi connectivity index (χ2n) is 7.73. The van der Waals surface area contributed by atoms with E-state index in [1.54, 1.807) is 4.90 Å². The van der Waals surface area contributed by atoms with Crippen molar-refractivity contribution in [3.63, 3.8) is 0 Å². The third-order valence-corrected chi connectivity index (χ3v) is 5.67. The number of rotatable bonds is 3. The van der Waals surface area contributed by atoms with E-state index in [1.165, 1.54) is 24.3 Å². The maximum Gasteiger partial charge on any atom is 0.251 e. The Kier molecular flexibility index (Phi) is 5.34. The van der Waals surface area contributed by atoms with Gasteiger partial charge >= 0.3 is 0 Å². The summed E-state index contributed by atoms with van der Waals surface area (Å²) in [7, 11) is 1.92. The highest BCUT2D eigenvalue weighted by Crippen LogP contribution is 2.34. The fourth-order valence-electron chi connectivity index (χ4n) is 4.01. The number of anilines is 1. The number of nitrogens with one attached hydrogen (secondary N) is 1. The molecule has 0 spiro atoms. The van der Waals surface area contributed by atoms with E-state index in [2.05, 4.69) is 5.32 Å². The van der Waals surface area contributed by atoms with Crippen LogP contribution in [0.5, 0.6) is 0 Å². The fourth-order valence-corrected chi connectivity index (χ4v) is 4.01. The number of aliphatic hydroxyl groups is 1. The van der Waals surface area contributed by atoms with Crippen molar-refractivity contribution in [3.05, 3.63) is 65.0 Å². The molecule has 2 atom stereocenters. The summed E-state index contributed by atoms with van der Waals surface area (Å²) >= 11 is 0. The smallest absolute Gasteiger partial charge is 0.251 e. The van der Waals surface area contributed by atoms with Gasteiger partial charge in [-0.1, -0.05) is 6.07 Å². The summed E-state index contributed by atoms with van der Waals surface area (Å²) in [5.74, 6) is -0.754. The van der Waals surface area contributed by atoms with Crippen molar-refractivity contribution >= 4 is 17.5 Å². The van der Waals surface area contributed by atoms with Crippen molar-refractivity contribution in [1.82, 2.24) is 10.2 Å². The average Bonchev–Trinajstić information content (AvgIpc) is 2.70. The first-order chi connectivity index (χ1) is 13.9. The van der Waals surface area contributed by atoms with Crippen LogP contribution in [0, 0.1) is 5.82 Å². The van der Waals surface area contributed by atoms with Crippen molar-refractivity contribution in [2.24, 2.45) is 0 Å². The number of halogens is 1. The number of fused-ring (bicyclic) bond motifs is 1. The predicted octanol–water partition coefficient (Wildman–Crippen LogP) is 1.88. The van der Waals surface area contributed by atoms with E-state index in [-0.39, 0.29) is 11.8 Å². The van der Waals surface area contributed by atoms with Gasteiger partial charge in [0.2, 0.25) is 5.91 Å². The average molecular weight is 397 g/mol. The second kappa shape index (κ2) is 7.93. The second-order valence-corrected chi connectivity index (χ2v) is 7.73. The molecule has 1 saturated heterocycles. The van der Waals surface area contributed by atoms with E-state index >= 15 is 0 Å². The number of nitrogens with zero attached hydrogens (tertiary/aromatic N) is 2. The van der Waals surface area contributed by atoms with E-state index in [0.717, 1.165) is 23.4 Å². The van der Waals surface area contributed by atoms with Gasteiger partial charge < -0.3 is 15.3 Å². The standard InChI is InChI=1S/C22H24FN3O3/c1-25-10-11-26(20(28)13-25)17-8-4-14-5-9-19(27)21(18(14)12-17)24-22(29)15-2-6-16(23)7-3-15/h2-4,6-8,12,19,21,27H,5,9-11,13H2,1H3,(H,24,29)/t19-,21-/m0/s1. The van der Waals surface area contributed by atoms with Crippen molar-refractivity contribution in [1.29, 1.82) is 0 Å². The molecule has 1 aliphatic heterocycles. The Morgan fingerprint density at radius 3 is 2.66 bits per heavy atom. The maximum atomic E-state index is 13.1. The molecule has 6 nitrogen and oxygen atoms in total. The molecule has 1 heterocycles. The third-order valence-electron chi connectivity index (χ3n) is 5.67. The number of aliphatic hydroxyl groups excluding tert-OH is 1. The fraction of sp³-hybridized carbons (Fsp3) is 0.364. The number of aryl methyl sites for hydroxylation is 1. The molecule has 2 amide bonds. The van der Waals surface area contributed by atoms with Crippen molar-refractivity contribution in [3.8, 4) is 0 Å². The van der Waals surface area contributed by atoms with Crippen LogP contribution in [0.25, 0.3) is 0 Å². The van der Waals surface area contributed by atoms with E-state index in [9.17, 15) is 19.1 Å². The zero-order valence-electron chi connectivity index (χ0n) is 16.3. The molecule has 7 heteroatoms. The first-order valence-electron chi connectivity index (χ1n) is 9.78. The lowest BCUT2D eigenvalue weighted by Gasteiger charge is -2.35. The van der Waals surface area contributed by atoms with Gasteiger partial charge in [-0.25, -0.2) is 4.39 Å². The van der Waals surface area contributed by atoms with Crippen LogP contribution in [-0.4, -0.2) is 54.6 Å². The molecule has 0 radical (unpaired) electrons. The predicted molar refractivity (Wildman–Crippen MR) is 107 cm³/mol. The molecule has 0 unspecified atom stereocenters. The van der Waals surface area contributed by atoms with Crippen LogP contribution in [0.3, 0.4) is 0 Å². The van der Waals surface area contributed by atoms with Gasteiger partial charge in [0.05, 0.1) is 18.7 Å². The van der Waals surface area contributed by atoms with Crippen LogP contribution in [0.15, 0.2) is 42.5 Å². The summed E-state index contributed by atoms with van der Waals surface area (Å²) in [6.07, 6.45) is 0.509. The van der Waals surface area contributed by atoms with Gasteiger partial charge in [-0.05, 0) is 67.4 Å². The van der Waals surface area contributed by atoms with Gasteiger partial charge in [0.15, 0.2) is 0 Å². The number of carbonyl (C=O) groups is 2. The van der Waals surface area contributed by atoms with Gasteiger partial charge in [0.1, 0.15) is 5.82 Å². The van der Waals surface area contributed by atoms with Crippen LogP contribution in [-0.2, 0) is 11.2 Å². The normalized spacial score (nSPS) is 22.3. The maximum absolute atomic E-state index is 13.1. The lowest BCUT2D eigenvalue weighted by Crippen LogP contribution is -2.49. The van der Waals surface area contributed by atoms with Gasteiger partial charge in [-0.2, -0.15) is 0 Å². The van der Waals surface area contributed by atoms with Gasteiger partial charge in [0.25, 0.3) is 5.91 Å². The Hall–Kier alpha value is -2.77. The minimum absolute atomic E-state index is 0.0296.